The molecule has 0 fully saturated rings. The summed E-state index contributed by atoms with van der Waals surface area (Å²) in [5.41, 5.74) is -1.06. The highest BCUT2D eigenvalue weighted by Gasteiger charge is 2.30. The number of hydrogen-bond donors (Lipinski definition) is 1. The predicted molar refractivity (Wildman–Crippen MR) is 86.4 cm³/mol. The van der Waals surface area contributed by atoms with Gasteiger partial charge in [-0.25, -0.2) is 4.79 Å². The standard InChI is InChI=1S/C15H14F3N3O5S/c1-3-25-14(22)12-8-13(26-20-12)9(2)19-21-27(23,24)11-6-4-10(5-7-11)15(16,17)18/h4-8,21H,3H2,1-2H3. The van der Waals surface area contributed by atoms with Crippen LogP contribution in [-0.4, -0.2) is 31.9 Å². The molecule has 2 rings (SSSR count). The van der Waals surface area contributed by atoms with Gasteiger partial charge in [-0.15, -0.1) is 0 Å². The second kappa shape index (κ2) is 7.78. The average Bonchev–Trinajstić information content (AvgIpc) is 3.10. The number of rotatable bonds is 6. The normalized spacial score (nSPS) is 12.7. The molecule has 0 atom stereocenters. The summed E-state index contributed by atoms with van der Waals surface area (Å²) in [6.45, 7) is 3.13. The number of esters is 1. The fraction of sp³-hybridized carbons (Fsp3) is 0.267. The maximum atomic E-state index is 12.5. The van der Waals surface area contributed by atoms with E-state index in [-0.39, 0.29) is 23.8 Å². The first-order valence-electron chi connectivity index (χ1n) is 7.42. The molecule has 0 spiro atoms. The van der Waals surface area contributed by atoms with E-state index < -0.39 is 32.6 Å². The number of aromatic nitrogens is 1. The fourth-order valence-corrected chi connectivity index (χ4v) is 2.66. The van der Waals surface area contributed by atoms with Crippen molar-refractivity contribution >= 4 is 21.7 Å². The van der Waals surface area contributed by atoms with Crippen molar-refractivity contribution in [1.82, 2.24) is 9.99 Å². The molecule has 0 aliphatic rings. The van der Waals surface area contributed by atoms with E-state index >= 15 is 0 Å². The minimum absolute atomic E-state index is 0.00757. The lowest BCUT2D eigenvalue weighted by Gasteiger charge is -2.08. The van der Waals surface area contributed by atoms with Crippen molar-refractivity contribution in [3.63, 3.8) is 0 Å². The van der Waals surface area contributed by atoms with Crippen LogP contribution >= 0.6 is 0 Å². The van der Waals surface area contributed by atoms with Gasteiger partial charge in [-0.3, -0.25) is 0 Å². The number of alkyl halides is 3. The Morgan fingerprint density at radius 3 is 2.48 bits per heavy atom. The minimum Gasteiger partial charge on any atom is -0.461 e. The molecule has 8 nitrogen and oxygen atoms in total. The molecular weight excluding hydrogens is 391 g/mol. The van der Waals surface area contributed by atoms with Gasteiger partial charge < -0.3 is 9.26 Å². The zero-order chi connectivity index (χ0) is 20.2. The Morgan fingerprint density at radius 2 is 1.93 bits per heavy atom. The van der Waals surface area contributed by atoms with Crippen molar-refractivity contribution in [2.75, 3.05) is 6.61 Å². The largest absolute Gasteiger partial charge is 0.461 e. The molecule has 0 bridgehead atoms. The van der Waals surface area contributed by atoms with E-state index in [0.29, 0.717) is 12.1 Å². The Kier molecular flexibility index (Phi) is 5.88. The lowest BCUT2D eigenvalue weighted by molar-refractivity contribution is -0.137. The van der Waals surface area contributed by atoms with Crippen molar-refractivity contribution in [3.8, 4) is 0 Å². The molecule has 0 aliphatic heterocycles. The molecule has 27 heavy (non-hydrogen) atoms. The summed E-state index contributed by atoms with van der Waals surface area (Å²) in [6, 6.07) is 4.12. The van der Waals surface area contributed by atoms with Crippen molar-refractivity contribution in [3.05, 3.63) is 47.3 Å². The first-order valence-corrected chi connectivity index (χ1v) is 8.90. The number of hydrogen-bond acceptors (Lipinski definition) is 7. The number of benzene rings is 1. The highest BCUT2D eigenvalue weighted by atomic mass is 32.2. The maximum absolute atomic E-state index is 12.5. The minimum atomic E-state index is -4.58. The van der Waals surface area contributed by atoms with Gasteiger partial charge in [0.05, 0.1) is 17.1 Å². The summed E-state index contributed by atoms with van der Waals surface area (Å²) in [4.78, 5) is 13.0. The van der Waals surface area contributed by atoms with E-state index in [2.05, 4.69) is 10.3 Å². The van der Waals surface area contributed by atoms with Gasteiger partial charge in [-0.1, -0.05) is 5.16 Å². The smallest absolute Gasteiger partial charge is 0.416 e. The summed E-state index contributed by atoms with van der Waals surface area (Å²) in [6.07, 6.45) is -4.58. The van der Waals surface area contributed by atoms with E-state index in [0.717, 1.165) is 12.1 Å². The van der Waals surface area contributed by atoms with Gasteiger partial charge in [0.15, 0.2) is 11.5 Å². The van der Waals surface area contributed by atoms with Crippen LogP contribution in [0.1, 0.15) is 35.7 Å². The van der Waals surface area contributed by atoms with E-state index in [4.69, 9.17) is 9.26 Å². The first-order chi connectivity index (χ1) is 12.5. The fourth-order valence-electron chi connectivity index (χ4n) is 1.81. The Bertz CT molecular complexity index is 950. The summed E-state index contributed by atoms with van der Waals surface area (Å²) in [5.74, 6) is -0.709. The molecule has 1 heterocycles. The van der Waals surface area contributed by atoms with Crippen molar-refractivity contribution in [2.24, 2.45) is 5.10 Å². The number of nitrogens with zero attached hydrogens (tertiary/aromatic N) is 2. The molecule has 2 aromatic rings. The van der Waals surface area contributed by atoms with Gasteiger partial charge in [0.1, 0.15) is 5.71 Å². The van der Waals surface area contributed by atoms with Crippen LogP contribution in [0.2, 0.25) is 0 Å². The van der Waals surface area contributed by atoms with Gasteiger partial charge in [0.2, 0.25) is 0 Å². The number of halogens is 3. The molecule has 146 valence electrons. The second-order valence-electron chi connectivity index (χ2n) is 5.11. The average molecular weight is 405 g/mol. The van der Waals surface area contributed by atoms with Gasteiger partial charge in [-0.05, 0) is 38.1 Å². The van der Waals surface area contributed by atoms with Crippen LogP contribution < -0.4 is 4.83 Å². The van der Waals surface area contributed by atoms with Crippen molar-refractivity contribution in [1.29, 1.82) is 0 Å². The number of sulfonamides is 1. The third-order valence-electron chi connectivity index (χ3n) is 3.18. The maximum Gasteiger partial charge on any atom is 0.416 e. The van der Waals surface area contributed by atoms with Crippen LogP contribution in [-0.2, 0) is 20.9 Å². The van der Waals surface area contributed by atoms with E-state index in [1.54, 1.807) is 6.92 Å². The number of ether oxygens (including phenoxy) is 1. The second-order valence-corrected chi connectivity index (χ2v) is 6.77. The molecule has 0 radical (unpaired) electrons. The molecule has 0 saturated heterocycles. The zero-order valence-electron chi connectivity index (χ0n) is 14.1. The lowest BCUT2D eigenvalue weighted by Crippen LogP contribution is -2.20. The molecule has 1 aromatic heterocycles. The number of nitrogens with one attached hydrogen (secondary N) is 1. The van der Waals surface area contributed by atoms with Gasteiger partial charge >= 0.3 is 12.1 Å². The molecule has 1 N–H and O–H groups in total. The quantitative estimate of drug-likeness (QED) is 0.449. The van der Waals surface area contributed by atoms with Crippen LogP contribution in [0.4, 0.5) is 13.2 Å². The van der Waals surface area contributed by atoms with Crippen LogP contribution in [0, 0.1) is 0 Å². The Morgan fingerprint density at radius 1 is 1.30 bits per heavy atom. The lowest BCUT2D eigenvalue weighted by atomic mass is 10.2. The molecule has 1 aromatic carbocycles. The summed E-state index contributed by atoms with van der Waals surface area (Å²) >= 11 is 0. The summed E-state index contributed by atoms with van der Waals surface area (Å²) < 4.78 is 71.4. The predicted octanol–water partition coefficient (Wildman–Crippen LogP) is 2.57. The van der Waals surface area contributed by atoms with E-state index in [1.165, 1.54) is 13.0 Å². The highest BCUT2D eigenvalue weighted by Crippen LogP contribution is 2.29. The molecule has 0 saturated carbocycles. The molecular formula is C15H14F3N3O5S. The highest BCUT2D eigenvalue weighted by molar-refractivity contribution is 7.89. The topological polar surface area (TPSA) is 111 Å². The number of hydrazone groups is 1. The van der Waals surface area contributed by atoms with Crippen molar-refractivity contribution in [2.45, 2.75) is 24.9 Å². The van der Waals surface area contributed by atoms with Crippen molar-refractivity contribution < 1.29 is 35.6 Å². The van der Waals surface area contributed by atoms with Gasteiger partial charge in [-0.2, -0.15) is 31.5 Å². The Labute approximate surface area is 152 Å². The third-order valence-corrected chi connectivity index (χ3v) is 4.40. The summed E-state index contributed by atoms with van der Waals surface area (Å²) in [5, 5.41) is 7.08. The van der Waals surface area contributed by atoms with Gasteiger partial charge in [0, 0.05) is 6.07 Å². The van der Waals surface area contributed by atoms with Gasteiger partial charge in [0.25, 0.3) is 10.0 Å². The van der Waals surface area contributed by atoms with Crippen LogP contribution in [0.5, 0.6) is 0 Å². The van der Waals surface area contributed by atoms with E-state index in [1.807, 2.05) is 4.83 Å². The van der Waals surface area contributed by atoms with E-state index in [9.17, 15) is 26.4 Å². The zero-order valence-corrected chi connectivity index (χ0v) is 14.9. The monoisotopic (exact) mass is 405 g/mol. The van der Waals surface area contributed by atoms with Crippen LogP contribution in [0.25, 0.3) is 0 Å². The molecule has 12 heteroatoms. The molecule has 0 unspecified atom stereocenters. The Balaban J connectivity index is 2.14. The Hall–Kier alpha value is -2.89. The van der Waals surface area contributed by atoms with Crippen LogP contribution in [0.15, 0.2) is 44.9 Å². The number of carbonyl (C=O) groups is 1. The molecule has 0 aliphatic carbocycles. The molecule has 0 amide bonds. The summed E-state index contributed by atoms with van der Waals surface area (Å²) in [7, 11) is -4.20. The number of carbonyl (C=O) groups excluding carboxylic acids is 1. The third kappa shape index (κ3) is 5.06. The van der Waals surface area contributed by atoms with Crippen LogP contribution in [0.3, 0.4) is 0 Å². The SMILES string of the molecule is CCOC(=O)c1cc(C(C)=NNS(=O)(=O)c2ccc(C(F)(F)F)cc2)on1. The first kappa shape index (κ1) is 20.4.